The summed E-state index contributed by atoms with van der Waals surface area (Å²) in [6.45, 7) is 0.494. The number of nitrogens with one attached hydrogen (secondary N) is 1. The van der Waals surface area contributed by atoms with Gasteiger partial charge in [0.05, 0.1) is 23.8 Å². The van der Waals surface area contributed by atoms with Crippen LogP contribution >= 0.6 is 11.6 Å². The average Bonchev–Trinajstić information content (AvgIpc) is 3.02. The highest BCUT2D eigenvalue weighted by atomic mass is 35.5. The van der Waals surface area contributed by atoms with Crippen molar-refractivity contribution in [2.45, 2.75) is 49.1 Å². The molecule has 0 radical (unpaired) electrons. The summed E-state index contributed by atoms with van der Waals surface area (Å²) in [7, 11) is -4.00. The zero-order valence-electron chi connectivity index (χ0n) is 13.2. The van der Waals surface area contributed by atoms with Crippen molar-refractivity contribution >= 4 is 21.6 Å². The molecule has 2 aliphatic rings. The molecule has 1 aromatic carbocycles. The Hall–Kier alpha value is -0.860. The first-order valence-electron chi connectivity index (χ1n) is 8.12. The van der Waals surface area contributed by atoms with Gasteiger partial charge in [0.15, 0.2) is 5.75 Å². The van der Waals surface area contributed by atoms with Gasteiger partial charge in [-0.05, 0) is 37.8 Å². The number of aromatic hydroxyl groups is 1. The van der Waals surface area contributed by atoms with Crippen molar-refractivity contribution in [1.29, 1.82) is 0 Å². The Kier molecular flexibility index (Phi) is 5.09. The molecule has 2 atom stereocenters. The smallest absolute Gasteiger partial charge is 0.244 e. The summed E-state index contributed by atoms with van der Waals surface area (Å²) in [6, 6.07) is 3.68. The van der Waals surface area contributed by atoms with Crippen LogP contribution < -0.4 is 4.72 Å². The first-order chi connectivity index (χ1) is 11.4. The van der Waals surface area contributed by atoms with Gasteiger partial charge in [-0.2, -0.15) is 0 Å². The summed E-state index contributed by atoms with van der Waals surface area (Å²) in [5, 5.41) is 19.9. The SMILES string of the molecule is O=S(=O)(NC(C1CCCO1)C1(CO)CCC1)c1cccc(Cl)c1O. The van der Waals surface area contributed by atoms with Gasteiger partial charge in [0.25, 0.3) is 0 Å². The van der Waals surface area contributed by atoms with Crippen molar-refractivity contribution in [3.8, 4) is 5.75 Å². The third-order valence-electron chi connectivity index (χ3n) is 5.18. The van der Waals surface area contributed by atoms with E-state index in [2.05, 4.69) is 4.72 Å². The summed E-state index contributed by atoms with van der Waals surface area (Å²) in [5.41, 5.74) is -0.504. The Morgan fingerprint density at radius 3 is 2.67 bits per heavy atom. The number of sulfonamides is 1. The van der Waals surface area contributed by atoms with Gasteiger partial charge in [-0.25, -0.2) is 13.1 Å². The van der Waals surface area contributed by atoms with Crippen molar-refractivity contribution < 1.29 is 23.4 Å². The minimum Gasteiger partial charge on any atom is -0.505 e. The van der Waals surface area contributed by atoms with E-state index in [4.69, 9.17) is 16.3 Å². The molecule has 1 aliphatic heterocycles. The average molecular weight is 376 g/mol. The molecule has 6 nitrogen and oxygen atoms in total. The second-order valence-electron chi connectivity index (χ2n) is 6.61. The molecule has 3 N–H and O–H groups in total. The molecule has 1 saturated heterocycles. The molecule has 8 heteroatoms. The molecule has 0 aromatic heterocycles. The van der Waals surface area contributed by atoms with E-state index in [1.165, 1.54) is 18.2 Å². The highest BCUT2D eigenvalue weighted by Gasteiger charge is 2.49. The number of aliphatic hydroxyl groups excluding tert-OH is 1. The second-order valence-corrected chi connectivity index (χ2v) is 8.70. The van der Waals surface area contributed by atoms with E-state index in [0.29, 0.717) is 6.61 Å². The maximum absolute atomic E-state index is 12.8. The molecule has 2 fully saturated rings. The van der Waals surface area contributed by atoms with Crippen LogP contribution in [0.3, 0.4) is 0 Å². The summed E-state index contributed by atoms with van der Waals surface area (Å²) in [6.07, 6.45) is 3.79. The first kappa shape index (κ1) is 17.9. The van der Waals surface area contributed by atoms with Crippen LogP contribution in [0.25, 0.3) is 0 Å². The Labute approximate surface area is 146 Å². The number of phenolic OH excluding ortho intramolecular Hbond substituents is 1. The van der Waals surface area contributed by atoms with E-state index in [0.717, 1.165) is 32.1 Å². The molecule has 24 heavy (non-hydrogen) atoms. The molecule has 0 bridgehead atoms. The zero-order chi connectivity index (χ0) is 17.4. The number of phenols is 1. The summed E-state index contributed by atoms with van der Waals surface area (Å²) >= 11 is 5.83. The molecule has 1 heterocycles. The van der Waals surface area contributed by atoms with Crippen LogP contribution in [-0.4, -0.2) is 44.0 Å². The summed E-state index contributed by atoms with van der Waals surface area (Å²) in [4.78, 5) is -0.259. The topological polar surface area (TPSA) is 95.9 Å². The maximum atomic E-state index is 12.8. The van der Waals surface area contributed by atoms with Crippen LogP contribution in [0.2, 0.25) is 5.02 Å². The molecule has 1 aromatic rings. The Balaban J connectivity index is 1.93. The minimum atomic E-state index is -4.00. The number of aliphatic hydroxyl groups is 1. The molecule has 3 rings (SSSR count). The second kappa shape index (κ2) is 6.80. The summed E-state index contributed by atoms with van der Waals surface area (Å²) in [5.74, 6) is -0.468. The van der Waals surface area contributed by atoms with Crippen LogP contribution in [0.5, 0.6) is 5.75 Å². The van der Waals surface area contributed by atoms with Crippen LogP contribution in [0.1, 0.15) is 32.1 Å². The lowest BCUT2D eigenvalue weighted by atomic mass is 9.63. The lowest BCUT2D eigenvalue weighted by Gasteiger charge is -2.48. The monoisotopic (exact) mass is 375 g/mol. The highest BCUT2D eigenvalue weighted by molar-refractivity contribution is 7.89. The fourth-order valence-corrected chi connectivity index (χ4v) is 5.32. The fraction of sp³-hybridized carbons (Fsp3) is 0.625. The number of ether oxygens (including phenoxy) is 1. The molecule has 0 amide bonds. The Morgan fingerprint density at radius 2 is 2.12 bits per heavy atom. The quantitative estimate of drug-likeness (QED) is 0.707. The van der Waals surface area contributed by atoms with Crippen molar-refractivity contribution in [3.05, 3.63) is 23.2 Å². The lowest BCUT2D eigenvalue weighted by molar-refractivity contribution is -0.0429. The predicted octanol–water partition coefficient (Wildman–Crippen LogP) is 2.03. The normalized spacial score (nSPS) is 24.5. The van der Waals surface area contributed by atoms with E-state index >= 15 is 0 Å². The van der Waals surface area contributed by atoms with Gasteiger partial charge in [0, 0.05) is 12.0 Å². The fourth-order valence-electron chi connectivity index (χ4n) is 3.60. The van der Waals surface area contributed by atoms with E-state index in [9.17, 15) is 18.6 Å². The standard InChI is InChI=1S/C16H22ClNO5S/c17-11-4-1-6-13(14(11)20)24(21,22)18-15(12-5-2-9-23-12)16(10-19)7-3-8-16/h1,4,6,12,15,18-20H,2-3,5,7-10H2. The molecular weight excluding hydrogens is 354 g/mol. The Bertz CT molecular complexity index is 693. The number of benzene rings is 1. The van der Waals surface area contributed by atoms with Gasteiger partial charge in [-0.15, -0.1) is 0 Å². The van der Waals surface area contributed by atoms with Crippen LogP contribution in [-0.2, 0) is 14.8 Å². The highest BCUT2D eigenvalue weighted by Crippen LogP contribution is 2.46. The number of halogens is 1. The number of hydrogen-bond donors (Lipinski definition) is 3. The molecule has 2 unspecified atom stereocenters. The third kappa shape index (κ3) is 3.15. The van der Waals surface area contributed by atoms with E-state index in [1.54, 1.807) is 0 Å². The molecule has 134 valence electrons. The van der Waals surface area contributed by atoms with Gasteiger partial charge >= 0.3 is 0 Å². The molecule has 1 aliphatic carbocycles. The van der Waals surface area contributed by atoms with Crippen LogP contribution in [0.15, 0.2) is 23.1 Å². The largest absolute Gasteiger partial charge is 0.505 e. The predicted molar refractivity (Wildman–Crippen MR) is 89.6 cm³/mol. The number of para-hydroxylation sites is 1. The van der Waals surface area contributed by atoms with Crippen LogP contribution in [0.4, 0.5) is 0 Å². The van der Waals surface area contributed by atoms with Gasteiger partial charge in [0.1, 0.15) is 4.90 Å². The van der Waals surface area contributed by atoms with Gasteiger partial charge in [-0.3, -0.25) is 0 Å². The van der Waals surface area contributed by atoms with Crippen molar-refractivity contribution in [1.82, 2.24) is 4.72 Å². The van der Waals surface area contributed by atoms with Gasteiger partial charge in [-0.1, -0.05) is 24.1 Å². The van der Waals surface area contributed by atoms with Crippen molar-refractivity contribution in [2.24, 2.45) is 5.41 Å². The van der Waals surface area contributed by atoms with Crippen molar-refractivity contribution in [3.63, 3.8) is 0 Å². The number of rotatable bonds is 6. The lowest BCUT2D eigenvalue weighted by Crippen LogP contribution is -2.58. The first-order valence-corrected chi connectivity index (χ1v) is 9.98. The molecule has 1 saturated carbocycles. The van der Waals surface area contributed by atoms with E-state index in [-0.39, 0.29) is 22.6 Å². The number of hydrogen-bond acceptors (Lipinski definition) is 5. The van der Waals surface area contributed by atoms with E-state index in [1.807, 2.05) is 0 Å². The Morgan fingerprint density at radius 1 is 1.38 bits per heavy atom. The minimum absolute atomic E-state index is 0.0212. The molecule has 0 spiro atoms. The molecular formula is C16H22ClNO5S. The van der Waals surface area contributed by atoms with Crippen LogP contribution in [0, 0.1) is 5.41 Å². The van der Waals surface area contributed by atoms with Gasteiger partial charge in [0.2, 0.25) is 10.0 Å². The zero-order valence-corrected chi connectivity index (χ0v) is 14.8. The third-order valence-corrected chi connectivity index (χ3v) is 6.96. The summed E-state index contributed by atoms with van der Waals surface area (Å²) < 4.78 is 34.0. The van der Waals surface area contributed by atoms with E-state index < -0.39 is 27.2 Å². The van der Waals surface area contributed by atoms with Gasteiger partial charge < -0.3 is 14.9 Å². The van der Waals surface area contributed by atoms with Crippen molar-refractivity contribution in [2.75, 3.05) is 13.2 Å². The maximum Gasteiger partial charge on any atom is 0.244 e.